The maximum Gasteiger partial charge on any atom is 0.410 e. The molecule has 0 aliphatic carbocycles. The van der Waals surface area contributed by atoms with Crippen LogP contribution in [0.5, 0.6) is 0 Å². The average molecular weight is 451 g/mol. The van der Waals surface area contributed by atoms with Gasteiger partial charge in [-0.15, -0.1) is 0 Å². The van der Waals surface area contributed by atoms with Gasteiger partial charge >= 0.3 is 6.09 Å². The van der Waals surface area contributed by atoms with Gasteiger partial charge in [-0.05, 0) is 63.9 Å². The van der Waals surface area contributed by atoms with Crippen molar-refractivity contribution in [3.05, 3.63) is 42.1 Å². The SMILES string of the molecule is Cn1nc(-c2ccc(N)nc2)c2cc(C(=O)NC3CCN(C(=O)OC(C)(C)C)CC3)ccc21. The van der Waals surface area contributed by atoms with E-state index in [0.717, 1.165) is 22.2 Å². The molecule has 1 fully saturated rings. The Morgan fingerprint density at radius 2 is 1.88 bits per heavy atom. The van der Waals surface area contributed by atoms with Crippen molar-refractivity contribution in [3.63, 3.8) is 0 Å². The van der Waals surface area contributed by atoms with Gasteiger partial charge in [0.05, 0.1) is 5.52 Å². The van der Waals surface area contributed by atoms with Gasteiger partial charge in [0, 0.05) is 48.9 Å². The lowest BCUT2D eigenvalue weighted by Crippen LogP contribution is -2.47. The van der Waals surface area contributed by atoms with E-state index < -0.39 is 5.60 Å². The Labute approximate surface area is 192 Å². The third-order valence-electron chi connectivity index (χ3n) is 5.65. The number of piperidine rings is 1. The number of carbonyl (C=O) groups excluding carboxylic acids is 2. The molecule has 9 nitrogen and oxygen atoms in total. The molecule has 2 amide bonds. The maximum atomic E-state index is 13.0. The van der Waals surface area contributed by atoms with Crippen LogP contribution in [0.3, 0.4) is 0 Å². The van der Waals surface area contributed by atoms with E-state index in [0.29, 0.717) is 37.3 Å². The zero-order chi connectivity index (χ0) is 23.8. The Hall–Kier alpha value is -3.62. The molecule has 0 radical (unpaired) electrons. The third-order valence-corrected chi connectivity index (χ3v) is 5.65. The van der Waals surface area contributed by atoms with Crippen LogP contribution in [0.25, 0.3) is 22.2 Å². The molecule has 0 bridgehead atoms. The molecule has 1 aromatic carbocycles. The molecule has 9 heteroatoms. The molecule has 1 aliphatic rings. The fraction of sp³-hybridized carbons (Fsp3) is 0.417. The number of amides is 2. The van der Waals surface area contributed by atoms with Crippen molar-refractivity contribution in [3.8, 4) is 11.3 Å². The van der Waals surface area contributed by atoms with Gasteiger partial charge in [0.1, 0.15) is 17.1 Å². The highest BCUT2D eigenvalue weighted by atomic mass is 16.6. The Bertz CT molecular complexity index is 1170. The molecule has 0 atom stereocenters. The van der Waals surface area contributed by atoms with E-state index in [1.54, 1.807) is 27.9 Å². The molecule has 174 valence electrons. The molecule has 1 saturated heterocycles. The van der Waals surface area contributed by atoms with E-state index in [9.17, 15) is 9.59 Å². The van der Waals surface area contributed by atoms with Crippen LogP contribution in [0.4, 0.5) is 10.6 Å². The largest absolute Gasteiger partial charge is 0.444 e. The van der Waals surface area contributed by atoms with Gasteiger partial charge in [0.15, 0.2) is 0 Å². The monoisotopic (exact) mass is 450 g/mol. The standard InChI is InChI=1S/C24H30N6O3/c1-24(2,3)33-23(32)30-11-9-17(10-12-30)27-22(31)15-5-7-19-18(13-15)21(28-29(19)4)16-6-8-20(25)26-14-16/h5-8,13-14,17H,9-12H2,1-4H3,(H2,25,26)(H,27,31). The number of rotatable bonds is 3. The maximum absolute atomic E-state index is 13.0. The van der Waals surface area contributed by atoms with E-state index in [-0.39, 0.29) is 18.0 Å². The summed E-state index contributed by atoms with van der Waals surface area (Å²) in [7, 11) is 1.87. The lowest BCUT2D eigenvalue weighted by Gasteiger charge is -2.33. The highest BCUT2D eigenvalue weighted by molar-refractivity contribution is 6.01. The minimum Gasteiger partial charge on any atom is -0.444 e. The Morgan fingerprint density at radius 1 is 1.15 bits per heavy atom. The summed E-state index contributed by atoms with van der Waals surface area (Å²) >= 11 is 0. The molecule has 0 spiro atoms. The van der Waals surface area contributed by atoms with Crippen molar-refractivity contribution in [1.82, 2.24) is 25.0 Å². The van der Waals surface area contributed by atoms with Gasteiger partial charge in [-0.3, -0.25) is 9.48 Å². The highest BCUT2D eigenvalue weighted by Gasteiger charge is 2.27. The number of likely N-dealkylation sites (tertiary alicyclic amines) is 1. The first-order chi connectivity index (χ1) is 15.6. The number of benzene rings is 1. The second kappa shape index (κ2) is 8.73. The van der Waals surface area contributed by atoms with Crippen molar-refractivity contribution in [2.24, 2.45) is 7.05 Å². The number of nitrogens with zero attached hydrogens (tertiary/aromatic N) is 4. The van der Waals surface area contributed by atoms with Gasteiger partial charge in [-0.25, -0.2) is 9.78 Å². The topological polar surface area (TPSA) is 115 Å². The number of ether oxygens (including phenoxy) is 1. The summed E-state index contributed by atoms with van der Waals surface area (Å²) in [4.78, 5) is 31.1. The number of aromatic nitrogens is 3. The van der Waals surface area contributed by atoms with Crippen LogP contribution in [0.1, 0.15) is 44.0 Å². The van der Waals surface area contributed by atoms with Crippen LogP contribution in [0, 0.1) is 0 Å². The van der Waals surface area contributed by atoms with Crippen molar-refractivity contribution in [2.75, 3.05) is 18.8 Å². The second-order valence-electron chi connectivity index (χ2n) is 9.39. The number of fused-ring (bicyclic) bond motifs is 1. The van der Waals surface area contributed by atoms with E-state index in [1.165, 1.54) is 0 Å². The number of anilines is 1. The van der Waals surface area contributed by atoms with E-state index in [2.05, 4.69) is 15.4 Å². The Balaban J connectivity index is 1.45. The zero-order valence-corrected chi connectivity index (χ0v) is 19.5. The summed E-state index contributed by atoms with van der Waals surface area (Å²) in [6, 6.07) is 9.17. The molecular weight excluding hydrogens is 420 g/mol. The molecule has 33 heavy (non-hydrogen) atoms. The van der Waals surface area contributed by atoms with Crippen LogP contribution in [0.15, 0.2) is 36.5 Å². The number of hydrogen-bond donors (Lipinski definition) is 2. The second-order valence-corrected chi connectivity index (χ2v) is 9.39. The average Bonchev–Trinajstić information content (AvgIpc) is 3.09. The molecule has 3 heterocycles. The van der Waals surface area contributed by atoms with Gasteiger partial charge in [0.2, 0.25) is 0 Å². The smallest absolute Gasteiger partial charge is 0.410 e. The summed E-state index contributed by atoms with van der Waals surface area (Å²) in [6.07, 6.45) is 2.74. The molecule has 2 aromatic heterocycles. The molecule has 3 aromatic rings. The minimum atomic E-state index is -0.519. The van der Waals surface area contributed by atoms with Crippen LogP contribution in [-0.4, -0.2) is 56.4 Å². The summed E-state index contributed by atoms with van der Waals surface area (Å²) in [5, 5.41) is 8.59. The first kappa shape index (κ1) is 22.6. The molecule has 0 unspecified atom stereocenters. The first-order valence-corrected chi connectivity index (χ1v) is 11.1. The number of nitrogen functional groups attached to an aromatic ring is 1. The van der Waals surface area contributed by atoms with E-state index in [4.69, 9.17) is 10.5 Å². The van der Waals surface area contributed by atoms with Crippen LogP contribution in [-0.2, 0) is 11.8 Å². The fourth-order valence-electron chi connectivity index (χ4n) is 3.97. The minimum absolute atomic E-state index is 0.00144. The zero-order valence-electron chi connectivity index (χ0n) is 19.5. The molecular formula is C24H30N6O3. The summed E-state index contributed by atoms with van der Waals surface area (Å²) in [5.74, 6) is 0.301. The summed E-state index contributed by atoms with van der Waals surface area (Å²) in [6.45, 7) is 6.66. The fourth-order valence-corrected chi connectivity index (χ4v) is 3.97. The number of nitrogens with two attached hydrogens (primary N) is 1. The highest BCUT2D eigenvalue weighted by Crippen LogP contribution is 2.28. The van der Waals surface area contributed by atoms with Gasteiger partial charge in [0.25, 0.3) is 5.91 Å². The number of carbonyl (C=O) groups is 2. The quantitative estimate of drug-likeness (QED) is 0.632. The van der Waals surface area contributed by atoms with Crippen molar-refractivity contribution in [1.29, 1.82) is 0 Å². The van der Waals surface area contributed by atoms with Crippen LogP contribution >= 0.6 is 0 Å². The summed E-state index contributed by atoms with van der Waals surface area (Å²) < 4.78 is 7.23. The van der Waals surface area contributed by atoms with Gasteiger partial charge < -0.3 is 20.7 Å². The van der Waals surface area contributed by atoms with Gasteiger partial charge in [-0.2, -0.15) is 5.10 Å². The van der Waals surface area contributed by atoms with Crippen LogP contribution in [0.2, 0.25) is 0 Å². The molecule has 0 saturated carbocycles. The lowest BCUT2D eigenvalue weighted by molar-refractivity contribution is 0.0199. The number of aryl methyl sites for hydroxylation is 1. The Morgan fingerprint density at radius 3 is 2.52 bits per heavy atom. The number of hydrogen-bond acceptors (Lipinski definition) is 6. The normalized spacial score (nSPS) is 15.0. The van der Waals surface area contributed by atoms with E-state index in [1.807, 2.05) is 46.0 Å². The number of nitrogens with one attached hydrogen (secondary N) is 1. The predicted molar refractivity (Wildman–Crippen MR) is 127 cm³/mol. The Kier molecular flexibility index (Phi) is 5.97. The van der Waals surface area contributed by atoms with Crippen molar-refractivity contribution < 1.29 is 14.3 Å². The van der Waals surface area contributed by atoms with Gasteiger partial charge in [-0.1, -0.05) is 0 Å². The molecule has 4 rings (SSSR count). The summed E-state index contributed by atoms with van der Waals surface area (Å²) in [5.41, 5.74) is 8.26. The van der Waals surface area contributed by atoms with Crippen molar-refractivity contribution in [2.45, 2.75) is 45.3 Å². The predicted octanol–water partition coefficient (Wildman–Crippen LogP) is 3.35. The molecule has 1 aliphatic heterocycles. The van der Waals surface area contributed by atoms with Crippen molar-refractivity contribution >= 4 is 28.7 Å². The lowest BCUT2D eigenvalue weighted by atomic mass is 10.0. The first-order valence-electron chi connectivity index (χ1n) is 11.1. The molecule has 3 N–H and O–H groups in total. The number of pyridine rings is 1. The van der Waals surface area contributed by atoms with E-state index >= 15 is 0 Å². The van der Waals surface area contributed by atoms with Crippen LogP contribution < -0.4 is 11.1 Å². The third kappa shape index (κ3) is 5.08.